The number of hydrogen-bond donors (Lipinski definition) is 1. The molecule has 0 bridgehead atoms. The van der Waals surface area contributed by atoms with Crippen LogP contribution in [0.3, 0.4) is 0 Å². The fourth-order valence-electron chi connectivity index (χ4n) is 2.92. The molecule has 0 aromatic rings. The van der Waals surface area contributed by atoms with Crippen LogP contribution in [0.2, 0.25) is 6.04 Å². The molecule has 0 radical (unpaired) electrons. The molecule has 6 nitrogen and oxygen atoms in total. The maximum Gasteiger partial charge on any atom is 0.370 e. The van der Waals surface area contributed by atoms with Crippen molar-refractivity contribution >= 4 is 14.5 Å². The SMILES string of the molecule is C=C.C=CC(=O)O.CCCC1(OC)CCCC[Si]1(OC)OC.O. The van der Waals surface area contributed by atoms with E-state index in [1.807, 2.05) is 0 Å². The average Bonchev–Trinajstić information content (AvgIpc) is 2.57. The Kier molecular flexibility index (Phi) is 17.1. The molecular formula is C16H34O6Si. The summed E-state index contributed by atoms with van der Waals surface area (Å²) in [5, 5.41) is 7.48. The third-order valence-electron chi connectivity index (χ3n) is 3.91. The molecule has 3 N–H and O–H groups in total. The summed E-state index contributed by atoms with van der Waals surface area (Å²) in [6.07, 6.45) is 6.54. The summed E-state index contributed by atoms with van der Waals surface area (Å²) in [6, 6.07) is 1.06. The van der Waals surface area contributed by atoms with Crippen molar-refractivity contribution in [3.8, 4) is 0 Å². The highest BCUT2D eigenvalue weighted by Gasteiger charge is 2.58. The molecule has 0 amide bonds. The van der Waals surface area contributed by atoms with Gasteiger partial charge < -0.3 is 24.2 Å². The standard InChI is InChI=1S/C11H24O3Si.C3H4O2.C2H4.H2O/c1-5-8-11(12-2)9-6-7-10-15(11,13-3)14-4;1-2-3(4)5;1-2;/h5-10H2,1-4H3;2H,1H2,(H,4,5);1-2H2;1H2. The smallest absolute Gasteiger partial charge is 0.370 e. The maximum atomic E-state index is 9.25. The number of aliphatic carboxylic acids is 1. The molecule has 0 aliphatic carbocycles. The Morgan fingerprint density at radius 3 is 2.04 bits per heavy atom. The third kappa shape index (κ3) is 7.41. The number of ether oxygens (including phenoxy) is 1. The number of rotatable bonds is 6. The van der Waals surface area contributed by atoms with Crippen LogP contribution in [0.25, 0.3) is 0 Å². The lowest BCUT2D eigenvalue weighted by Gasteiger charge is -2.47. The first-order valence-electron chi connectivity index (χ1n) is 7.48. The summed E-state index contributed by atoms with van der Waals surface area (Å²) in [6.45, 7) is 11.2. The molecule has 1 rings (SSSR count). The number of carboxylic acids is 1. The molecule has 0 spiro atoms. The molecule has 138 valence electrons. The summed E-state index contributed by atoms with van der Waals surface area (Å²) in [7, 11) is 3.22. The first-order valence-corrected chi connectivity index (χ1v) is 9.50. The zero-order valence-corrected chi connectivity index (χ0v) is 16.0. The molecule has 23 heavy (non-hydrogen) atoms. The van der Waals surface area contributed by atoms with E-state index in [1.165, 1.54) is 12.8 Å². The van der Waals surface area contributed by atoms with E-state index in [0.29, 0.717) is 0 Å². The molecule has 1 unspecified atom stereocenters. The van der Waals surface area contributed by atoms with Crippen molar-refractivity contribution in [3.05, 3.63) is 25.8 Å². The van der Waals surface area contributed by atoms with Crippen LogP contribution in [-0.4, -0.2) is 51.7 Å². The highest BCUT2D eigenvalue weighted by molar-refractivity contribution is 6.70. The Morgan fingerprint density at radius 1 is 1.26 bits per heavy atom. The zero-order valence-electron chi connectivity index (χ0n) is 15.0. The predicted molar refractivity (Wildman–Crippen MR) is 95.8 cm³/mol. The number of methoxy groups -OCH3 is 1. The van der Waals surface area contributed by atoms with E-state index in [4.69, 9.17) is 18.7 Å². The first kappa shape index (κ1) is 26.9. The van der Waals surface area contributed by atoms with E-state index in [0.717, 1.165) is 31.4 Å². The van der Waals surface area contributed by atoms with Gasteiger partial charge >= 0.3 is 14.5 Å². The van der Waals surface area contributed by atoms with Gasteiger partial charge in [-0.15, -0.1) is 13.2 Å². The van der Waals surface area contributed by atoms with Crippen LogP contribution in [-0.2, 0) is 18.4 Å². The molecule has 1 aliphatic rings. The molecule has 0 aromatic carbocycles. The molecule has 7 heteroatoms. The van der Waals surface area contributed by atoms with Gasteiger partial charge in [0.1, 0.15) is 5.22 Å². The van der Waals surface area contributed by atoms with Crippen LogP contribution in [0.5, 0.6) is 0 Å². The highest BCUT2D eigenvalue weighted by atomic mass is 28.4. The van der Waals surface area contributed by atoms with Crippen molar-refractivity contribution in [3.63, 3.8) is 0 Å². The average molecular weight is 351 g/mol. The van der Waals surface area contributed by atoms with Gasteiger partial charge in [0.25, 0.3) is 0 Å². The first-order chi connectivity index (χ1) is 10.5. The van der Waals surface area contributed by atoms with Gasteiger partial charge in [0.2, 0.25) is 0 Å². The van der Waals surface area contributed by atoms with E-state index < -0.39 is 14.5 Å². The summed E-state index contributed by atoms with van der Waals surface area (Å²) in [5.41, 5.74) is 0. The summed E-state index contributed by atoms with van der Waals surface area (Å²) >= 11 is 0. The van der Waals surface area contributed by atoms with Gasteiger partial charge in [-0.2, -0.15) is 0 Å². The lowest BCUT2D eigenvalue weighted by molar-refractivity contribution is -0.131. The van der Waals surface area contributed by atoms with Crippen LogP contribution in [0.1, 0.15) is 39.0 Å². The van der Waals surface area contributed by atoms with Crippen LogP contribution < -0.4 is 0 Å². The van der Waals surface area contributed by atoms with Crippen molar-refractivity contribution in [1.29, 1.82) is 0 Å². The van der Waals surface area contributed by atoms with Crippen LogP contribution >= 0.6 is 0 Å². The fourth-order valence-corrected chi connectivity index (χ4v) is 6.91. The molecular weight excluding hydrogens is 316 g/mol. The summed E-state index contributed by atoms with van der Waals surface area (Å²) in [5.74, 6) is -0.981. The molecule has 1 atom stereocenters. The van der Waals surface area contributed by atoms with Gasteiger partial charge in [0, 0.05) is 27.4 Å². The van der Waals surface area contributed by atoms with Crippen molar-refractivity contribution < 1.29 is 29.0 Å². The number of hydrogen-bond acceptors (Lipinski definition) is 4. The van der Waals surface area contributed by atoms with E-state index in [9.17, 15) is 4.79 Å². The van der Waals surface area contributed by atoms with Gasteiger partial charge in [0.15, 0.2) is 0 Å². The Morgan fingerprint density at radius 2 is 1.74 bits per heavy atom. The van der Waals surface area contributed by atoms with Gasteiger partial charge in [0.05, 0.1) is 0 Å². The maximum absolute atomic E-state index is 9.25. The van der Waals surface area contributed by atoms with Crippen molar-refractivity contribution in [2.45, 2.75) is 50.3 Å². The van der Waals surface area contributed by atoms with E-state index in [2.05, 4.69) is 26.7 Å². The van der Waals surface area contributed by atoms with E-state index in [-0.39, 0.29) is 10.7 Å². The van der Waals surface area contributed by atoms with Crippen LogP contribution in [0, 0.1) is 0 Å². The zero-order chi connectivity index (χ0) is 17.6. The second kappa shape index (κ2) is 14.6. The quantitative estimate of drug-likeness (QED) is 0.451. The molecule has 1 aliphatic heterocycles. The predicted octanol–water partition coefficient (Wildman–Crippen LogP) is 2.86. The lowest BCUT2D eigenvalue weighted by Crippen LogP contribution is -2.64. The Balaban J connectivity index is -0.000000429. The fraction of sp³-hybridized carbons (Fsp3) is 0.688. The second-order valence-electron chi connectivity index (χ2n) is 4.86. The van der Waals surface area contributed by atoms with E-state index >= 15 is 0 Å². The molecule has 1 fully saturated rings. The minimum absolute atomic E-state index is 0. The third-order valence-corrected chi connectivity index (χ3v) is 8.33. The van der Waals surface area contributed by atoms with Gasteiger partial charge in [-0.1, -0.05) is 32.8 Å². The van der Waals surface area contributed by atoms with Crippen molar-refractivity contribution in [2.75, 3.05) is 21.3 Å². The molecule has 1 heterocycles. The Hall–Kier alpha value is -0.993. The largest absolute Gasteiger partial charge is 0.478 e. The minimum Gasteiger partial charge on any atom is -0.478 e. The molecule has 1 saturated heterocycles. The number of carbonyl (C=O) groups is 1. The van der Waals surface area contributed by atoms with Gasteiger partial charge in [-0.25, -0.2) is 4.79 Å². The normalized spacial score (nSPS) is 21.4. The van der Waals surface area contributed by atoms with Crippen molar-refractivity contribution in [1.82, 2.24) is 0 Å². The summed E-state index contributed by atoms with van der Waals surface area (Å²) < 4.78 is 17.4. The molecule has 0 aromatic heterocycles. The Labute approximate surface area is 141 Å². The monoisotopic (exact) mass is 350 g/mol. The lowest BCUT2D eigenvalue weighted by atomic mass is 10.1. The van der Waals surface area contributed by atoms with Crippen LogP contribution in [0.15, 0.2) is 25.8 Å². The number of carboxylic acid groups (broad SMARTS) is 1. The van der Waals surface area contributed by atoms with Crippen LogP contribution in [0.4, 0.5) is 0 Å². The Bertz CT molecular complexity index is 316. The topological polar surface area (TPSA) is 96.5 Å². The highest BCUT2D eigenvalue weighted by Crippen LogP contribution is 2.42. The van der Waals surface area contributed by atoms with E-state index in [1.54, 1.807) is 21.3 Å². The minimum atomic E-state index is -2.15. The van der Waals surface area contributed by atoms with Crippen molar-refractivity contribution in [2.24, 2.45) is 0 Å². The van der Waals surface area contributed by atoms with Gasteiger partial charge in [-0.3, -0.25) is 0 Å². The second-order valence-corrected chi connectivity index (χ2v) is 8.59. The van der Waals surface area contributed by atoms with Gasteiger partial charge in [-0.05, 0) is 18.9 Å². The molecule has 0 saturated carbocycles. The summed E-state index contributed by atoms with van der Waals surface area (Å²) in [4.78, 5) is 9.25.